The molecular formula is C12H9BrN2O2. The third-order valence-corrected chi connectivity index (χ3v) is 2.65. The number of pyridine rings is 1. The zero-order valence-electron chi connectivity index (χ0n) is 8.74. The second kappa shape index (κ2) is 4.97. The van der Waals surface area contributed by atoms with E-state index in [9.17, 15) is 9.59 Å². The number of aromatic amines is 1. The molecule has 0 aliphatic carbocycles. The van der Waals surface area contributed by atoms with Crippen LogP contribution < -0.4 is 10.9 Å². The molecule has 86 valence electrons. The molecule has 0 bridgehead atoms. The van der Waals surface area contributed by atoms with Crippen LogP contribution in [0.4, 0.5) is 5.69 Å². The molecule has 2 N–H and O–H groups in total. The standard InChI is InChI=1S/C12H9BrN2O2/c13-9-4-1-3-8(7-9)11(16)15-10-5-2-6-14-12(10)17/h1-7H,(H,14,17)(H,15,16). The Balaban J connectivity index is 2.23. The number of carbonyl (C=O) groups is 1. The minimum absolute atomic E-state index is 0.234. The number of benzene rings is 1. The van der Waals surface area contributed by atoms with Crippen molar-refractivity contribution in [2.75, 3.05) is 5.32 Å². The van der Waals surface area contributed by atoms with Gasteiger partial charge in [0, 0.05) is 16.2 Å². The minimum atomic E-state index is -0.323. The molecule has 0 unspecified atom stereocenters. The SMILES string of the molecule is O=C(Nc1ccc[nH]c1=O)c1cccc(Br)c1. The summed E-state index contributed by atoms with van der Waals surface area (Å²) in [5.41, 5.74) is 0.399. The Hall–Kier alpha value is -1.88. The van der Waals surface area contributed by atoms with E-state index >= 15 is 0 Å². The molecule has 2 aromatic rings. The largest absolute Gasteiger partial charge is 0.327 e. The molecule has 0 saturated heterocycles. The van der Waals surface area contributed by atoms with Gasteiger partial charge in [-0.05, 0) is 30.3 Å². The van der Waals surface area contributed by atoms with Gasteiger partial charge < -0.3 is 10.3 Å². The van der Waals surface area contributed by atoms with Crippen molar-refractivity contribution in [1.82, 2.24) is 4.98 Å². The normalized spacial score (nSPS) is 9.94. The molecule has 1 heterocycles. The summed E-state index contributed by atoms with van der Waals surface area (Å²) in [4.78, 5) is 25.7. The van der Waals surface area contributed by atoms with Gasteiger partial charge in [0.1, 0.15) is 5.69 Å². The lowest BCUT2D eigenvalue weighted by Gasteiger charge is -2.04. The van der Waals surface area contributed by atoms with Gasteiger partial charge in [-0.15, -0.1) is 0 Å². The quantitative estimate of drug-likeness (QED) is 0.893. The molecule has 0 saturated carbocycles. The van der Waals surface area contributed by atoms with Crippen molar-refractivity contribution < 1.29 is 4.79 Å². The highest BCUT2D eigenvalue weighted by Gasteiger charge is 2.07. The Morgan fingerprint density at radius 2 is 2.06 bits per heavy atom. The van der Waals surface area contributed by atoms with E-state index in [2.05, 4.69) is 26.2 Å². The minimum Gasteiger partial charge on any atom is -0.327 e. The fraction of sp³-hybridized carbons (Fsp3) is 0. The van der Waals surface area contributed by atoms with Gasteiger partial charge in [-0.25, -0.2) is 0 Å². The highest BCUT2D eigenvalue weighted by atomic mass is 79.9. The number of rotatable bonds is 2. The van der Waals surface area contributed by atoms with Crippen molar-refractivity contribution in [3.8, 4) is 0 Å². The number of nitrogens with one attached hydrogen (secondary N) is 2. The highest BCUT2D eigenvalue weighted by molar-refractivity contribution is 9.10. The Morgan fingerprint density at radius 1 is 1.24 bits per heavy atom. The first-order valence-corrected chi connectivity index (χ1v) is 5.71. The maximum atomic E-state index is 11.8. The van der Waals surface area contributed by atoms with Crippen molar-refractivity contribution in [2.45, 2.75) is 0 Å². The maximum Gasteiger partial charge on any atom is 0.271 e. The second-order valence-corrected chi connectivity index (χ2v) is 4.29. The van der Waals surface area contributed by atoms with Crippen LogP contribution in [0.15, 0.2) is 51.9 Å². The number of amides is 1. The first-order chi connectivity index (χ1) is 8.16. The average molecular weight is 293 g/mol. The van der Waals surface area contributed by atoms with E-state index in [1.54, 1.807) is 30.3 Å². The van der Waals surface area contributed by atoms with Crippen LogP contribution in [0.3, 0.4) is 0 Å². The second-order valence-electron chi connectivity index (χ2n) is 3.38. The molecule has 0 spiro atoms. The summed E-state index contributed by atoms with van der Waals surface area (Å²) >= 11 is 3.28. The molecule has 0 radical (unpaired) electrons. The zero-order chi connectivity index (χ0) is 12.3. The van der Waals surface area contributed by atoms with Gasteiger partial charge in [0.05, 0.1) is 0 Å². The molecule has 4 nitrogen and oxygen atoms in total. The summed E-state index contributed by atoms with van der Waals surface area (Å²) in [6, 6.07) is 10.1. The molecular weight excluding hydrogens is 284 g/mol. The van der Waals surface area contributed by atoms with Crippen LogP contribution in [0.2, 0.25) is 0 Å². The lowest BCUT2D eigenvalue weighted by Crippen LogP contribution is -2.19. The summed E-state index contributed by atoms with van der Waals surface area (Å²) in [5.74, 6) is -0.317. The van der Waals surface area contributed by atoms with Crippen LogP contribution in [0.25, 0.3) is 0 Å². The first-order valence-electron chi connectivity index (χ1n) is 4.91. The van der Waals surface area contributed by atoms with Gasteiger partial charge in [0.25, 0.3) is 11.5 Å². The Kier molecular flexibility index (Phi) is 3.39. The number of anilines is 1. The molecule has 1 aromatic heterocycles. The molecule has 1 amide bonds. The molecule has 0 aliphatic heterocycles. The van der Waals surface area contributed by atoms with E-state index in [0.29, 0.717) is 5.56 Å². The highest BCUT2D eigenvalue weighted by Crippen LogP contribution is 2.12. The van der Waals surface area contributed by atoms with Gasteiger partial charge >= 0.3 is 0 Å². The van der Waals surface area contributed by atoms with Crippen LogP contribution in [-0.2, 0) is 0 Å². The number of H-pyrrole nitrogens is 1. The molecule has 0 fully saturated rings. The monoisotopic (exact) mass is 292 g/mol. The van der Waals surface area contributed by atoms with Crippen LogP contribution >= 0.6 is 15.9 Å². The molecule has 5 heteroatoms. The molecule has 17 heavy (non-hydrogen) atoms. The van der Waals surface area contributed by atoms with Crippen LogP contribution in [0, 0.1) is 0 Å². The van der Waals surface area contributed by atoms with E-state index in [1.165, 1.54) is 6.20 Å². The smallest absolute Gasteiger partial charge is 0.271 e. The fourth-order valence-corrected chi connectivity index (χ4v) is 1.74. The molecule has 2 rings (SSSR count). The lowest BCUT2D eigenvalue weighted by molar-refractivity contribution is 0.102. The molecule has 1 aromatic carbocycles. The zero-order valence-corrected chi connectivity index (χ0v) is 10.3. The van der Waals surface area contributed by atoms with Crippen LogP contribution in [0.5, 0.6) is 0 Å². The summed E-state index contributed by atoms with van der Waals surface area (Å²) in [6.45, 7) is 0. The topological polar surface area (TPSA) is 62.0 Å². The Morgan fingerprint density at radius 3 is 2.76 bits per heavy atom. The Labute approximate surface area is 106 Å². The maximum absolute atomic E-state index is 11.8. The van der Waals surface area contributed by atoms with Gasteiger partial charge in [0.15, 0.2) is 0 Å². The summed E-state index contributed by atoms with van der Waals surface area (Å²) in [7, 11) is 0. The third-order valence-electron chi connectivity index (χ3n) is 2.15. The van der Waals surface area contributed by atoms with E-state index in [1.807, 2.05) is 6.07 Å². The summed E-state index contributed by atoms with van der Waals surface area (Å²) in [6.07, 6.45) is 1.51. The number of hydrogen-bond acceptors (Lipinski definition) is 2. The summed E-state index contributed by atoms with van der Waals surface area (Å²) in [5, 5.41) is 2.55. The van der Waals surface area contributed by atoms with Crippen molar-refractivity contribution in [3.05, 3.63) is 63.0 Å². The van der Waals surface area contributed by atoms with Gasteiger partial charge in [0.2, 0.25) is 0 Å². The summed E-state index contributed by atoms with van der Waals surface area (Å²) < 4.78 is 0.812. The molecule has 0 atom stereocenters. The number of carbonyl (C=O) groups excluding carboxylic acids is 1. The van der Waals surface area contributed by atoms with Gasteiger partial charge in [-0.3, -0.25) is 9.59 Å². The van der Waals surface area contributed by atoms with E-state index in [0.717, 1.165) is 4.47 Å². The van der Waals surface area contributed by atoms with Crippen molar-refractivity contribution >= 4 is 27.5 Å². The average Bonchev–Trinajstić information content (AvgIpc) is 2.32. The van der Waals surface area contributed by atoms with Gasteiger partial charge in [-0.1, -0.05) is 22.0 Å². The Bertz CT molecular complexity index is 607. The van der Waals surface area contributed by atoms with E-state index in [4.69, 9.17) is 0 Å². The number of halogens is 1. The predicted octanol–water partition coefficient (Wildman–Crippen LogP) is 2.39. The van der Waals surface area contributed by atoms with E-state index in [-0.39, 0.29) is 17.2 Å². The van der Waals surface area contributed by atoms with E-state index < -0.39 is 0 Å². The van der Waals surface area contributed by atoms with Crippen molar-refractivity contribution in [1.29, 1.82) is 0 Å². The third kappa shape index (κ3) is 2.82. The van der Waals surface area contributed by atoms with Crippen LogP contribution in [0.1, 0.15) is 10.4 Å². The van der Waals surface area contributed by atoms with Gasteiger partial charge in [-0.2, -0.15) is 0 Å². The van der Waals surface area contributed by atoms with Crippen LogP contribution in [-0.4, -0.2) is 10.9 Å². The number of aromatic nitrogens is 1. The number of hydrogen-bond donors (Lipinski definition) is 2. The fourth-order valence-electron chi connectivity index (χ4n) is 1.34. The first kappa shape index (κ1) is 11.6. The van der Waals surface area contributed by atoms with Crippen molar-refractivity contribution in [2.24, 2.45) is 0 Å². The molecule has 0 aliphatic rings. The predicted molar refractivity (Wildman–Crippen MR) is 69.2 cm³/mol. The lowest BCUT2D eigenvalue weighted by atomic mass is 10.2. The van der Waals surface area contributed by atoms with Crippen molar-refractivity contribution in [3.63, 3.8) is 0 Å².